The van der Waals surface area contributed by atoms with Gasteiger partial charge in [0.1, 0.15) is 11.9 Å². The van der Waals surface area contributed by atoms with Gasteiger partial charge in [-0.1, -0.05) is 22.6 Å². The molecule has 3 aliphatic heterocycles. The monoisotopic (exact) mass is 482 g/mol. The molecule has 0 spiro atoms. The number of nitrogens with zero attached hydrogens (tertiary/aromatic N) is 2. The molecule has 9 nitrogen and oxygen atoms in total. The van der Waals surface area contributed by atoms with Crippen LogP contribution >= 0.6 is 22.6 Å². The largest absolute Gasteiger partial charge is 0.343 e. The molecule has 1 fully saturated rings. The average Bonchev–Trinajstić information content (AvgIpc) is 2.94. The van der Waals surface area contributed by atoms with E-state index >= 15 is 0 Å². The molecule has 3 unspecified atom stereocenters. The van der Waals surface area contributed by atoms with E-state index in [-0.39, 0.29) is 22.2 Å². The van der Waals surface area contributed by atoms with E-state index in [0.29, 0.717) is 18.5 Å². The molecule has 0 aliphatic carbocycles. The van der Waals surface area contributed by atoms with Gasteiger partial charge in [0.15, 0.2) is 6.29 Å². The van der Waals surface area contributed by atoms with Crippen molar-refractivity contribution in [3.8, 4) is 0 Å². The Morgan fingerprint density at radius 2 is 2.11 bits per heavy atom. The number of alkyl halides is 1. The number of amidine groups is 1. The molecule has 5 N–H and O–H groups in total. The van der Waals surface area contributed by atoms with Gasteiger partial charge < -0.3 is 10.2 Å². The summed E-state index contributed by atoms with van der Waals surface area (Å²) in [4.78, 5) is 42.1. The molecule has 1 aromatic carbocycles. The number of anilines is 1. The summed E-state index contributed by atoms with van der Waals surface area (Å²) >= 11 is 2.29. The number of nitrogens with one attached hydrogen (secondary N) is 3. The van der Waals surface area contributed by atoms with Crippen LogP contribution in [0.3, 0.4) is 0 Å². The van der Waals surface area contributed by atoms with Gasteiger partial charge >= 0.3 is 0 Å². The highest BCUT2D eigenvalue weighted by Gasteiger charge is 2.39. The van der Waals surface area contributed by atoms with Crippen LogP contribution in [0.1, 0.15) is 28.8 Å². The van der Waals surface area contributed by atoms with Crippen LogP contribution in [0.2, 0.25) is 0 Å². The lowest BCUT2D eigenvalue weighted by molar-refractivity contribution is -0.136. The summed E-state index contributed by atoms with van der Waals surface area (Å²) in [5.74, 6) is -0.0926. The van der Waals surface area contributed by atoms with Crippen molar-refractivity contribution in [3.05, 3.63) is 29.3 Å². The summed E-state index contributed by atoms with van der Waals surface area (Å²) < 4.78 is 0.164. The highest BCUT2D eigenvalue weighted by Crippen LogP contribution is 2.29. The Labute approximate surface area is 169 Å². The topological polar surface area (TPSA) is 129 Å². The number of benzene rings is 1. The van der Waals surface area contributed by atoms with Gasteiger partial charge in [-0.25, -0.2) is 4.99 Å². The molecule has 3 heterocycles. The second-order valence-electron chi connectivity index (χ2n) is 6.73. The van der Waals surface area contributed by atoms with Crippen LogP contribution in [-0.4, -0.2) is 51.3 Å². The lowest BCUT2D eigenvalue weighted by Crippen LogP contribution is -2.52. The zero-order valence-electron chi connectivity index (χ0n) is 14.4. The number of halogens is 1. The summed E-state index contributed by atoms with van der Waals surface area (Å²) in [5, 5.41) is 8.67. The van der Waals surface area contributed by atoms with E-state index in [1.807, 2.05) is 12.1 Å². The number of aliphatic imine (C=N–C) groups is 1. The first-order chi connectivity index (χ1) is 12.9. The van der Waals surface area contributed by atoms with Gasteiger partial charge in [0, 0.05) is 30.8 Å². The van der Waals surface area contributed by atoms with Crippen molar-refractivity contribution in [1.29, 1.82) is 0 Å². The van der Waals surface area contributed by atoms with Crippen LogP contribution < -0.4 is 21.7 Å². The number of hydrogen-bond acceptors (Lipinski definition) is 7. The molecule has 3 atom stereocenters. The Bertz CT molecular complexity index is 857. The van der Waals surface area contributed by atoms with Crippen LogP contribution in [0.4, 0.5) is 5.69 Å². The fourth-order valence-electron chi connectivity index (χ4n) is 3.51. The quantitative estimate of drug-likeness (QED) is 0.265. The molecule has 0 radical (unpaired) electrons. The molecule has 3 aliphatic rings. The van der Waals surface area contributed by atoms with Gasteiger partial charge in [-0.15, -0.1) is 0 Å². The number of nitrogens with two attached hydrogens (primary N) is 1. The van der Waals surface area contributed by atoms with E-state index < -0.39 is 18.2 Å². The molecule has 0 saturated carbocycles. The van der Waals surface area contributed by atoms with E-state index in [1.165, 1.54) is 4.90 Å². The van der Waals surface area contributed by atoms with Gasteiger partial charge in [-0.2, -0.15) is 0 Å². The SMILES string of the molecule is NC1N=C(Nc2ccc3c(c2)CN(C2CCC(=O)NC2=O)C3=O)C(I)CN1. The zero-order valence-corrected chi connectivity index (χ0v) is 16.5. The lowest BCUT2D eigenvalue weighted by atomic mass is 10.0. The fraction of sp³-hybridized carbons (Fsp3) is 0.412. The van der Waals surface area contributed by atoms with Gasteiger partial charge in [0.25, 0.3) is 5.91 Å². The highest BCUT2D eigenvalue weighted by atomic mass is 127. The number of carbonyl (C=O) groups is 3. The first kappa shape index (κ1) is 18.3. The predicted molar refractivity (Wildman–Crippen MR) is 107 cm³/mol. The summed E-state index contributed by atoms with van der Waals surface area (Å²) in [5.41, 5.74) is 8.07. The third-order valence-corrected chi connectivity index (χ3v) is 5.91. The molecule has 142 valence electrons. The fourth-order valence-corrected chi connectivity index (χ4v) is 4.08. The number of carbonyl (C=O) groups excluding carboxylic acids is 3. The van der Waals surface area contributed by atoms with Crippen molar-refractivity contribution in [2.75, 3.05) is 11.9 Å². The number of amides is 3. The molecular formula is C17H19IN6O3. The maximum Gasteiger partial charge on any atom is 0.255 e. The van der Waals surface area contributed by atoms with Crippen molar-refractivity contribution in [2.24, 2.45) is 10.7 Å². The molecule has 3 amide bonds. The maximum absolute atomic E-state index is 12.7. The molecule has 4 rings (SSSR count). The van der Waals surface area contributed by atoms with E-state index in [2.05, 4.69) is 43.5 Å². The molecule has 0 aromatic heterocycles. The Morgan fingerprint density at radius 1 is 1.30 bits per heavy atom. The Kier molecular flexibility index (Phi) is 4.86. The van der Waals surface area contributed by atoms with Crippen LogP contribution in [0.25, 0.3) is 0 Å². The average molecular weight is 482 g/mol. The number of fused-ring (bicyclic) bond motifs is 1. The van der Waals surface area contributed by atoms with E-state index in [4.69, 9.17) is 5.73 Å². The second-order valence-corrected chi connectivity index (χ2v) is 8.24. The van der Waals surface area contributed by atoms with Gasteiger partial charge in [0.05, 0.1) is 3.92 Å². The molecule has 1 aromatic rings. The zero-order chi connectivity index (χ0) is 19.1. The molecular weight excluding hydrogens is 463 g/mol. The minimum absolute atomic E-state index is 0.164. The minimum Gasteiger partial charge on any atom is -0.343 e. The minimum atomic E-state index is -0.607. The lowest BCUT2D eigenvalue weighted by Gasteiger charge is -2.29. The number of piperidine rings is 1. The first-order valence-corrected chi connectivity index (χ1v) is 9.92. The summed E-state index contributed by atoms with van der Waals surface area (Å²) in [6.07, 6.45) is 0.167. The van der Waals surface area contributed by atoms with E-state index in [0.717, 1.165) is 23.6 Å². The van der Waals surface area contributed by atoms with Crippen LogP contribution in [-0.2, 0) is 16.1 Å². The summed E-state index contributed by atoms with van der Waals surface area (Å²) in [6, 6.07) is 4.88. The van der Waals surface area contributed by atoms with Gasteiger partial charge in [0.2, 0.25) is 11.8 Å². The Morgan fingerprint density at radius 3 is 2.89 bits per heavy atom. The van der Waals surface area contributed by atoms with Crippen molar-refractivity contribution >= 4 is 51.8 Å². The third kappa shape index (κ3) is 3.56. The molecule has 0 bridgehead atoms. The molecule has 27 heavy (non-hydrogen) atoms. The highest BCUT2D eigenvalue weighted by molar-refractivity contribution is 14.1. The van der Waals surface area contributed by atoms with Crippen molar-refractivity contribution in [3.63, 3.8) is 0 Å². The molecule has 1 saturated heterocycles. The molecule has 10 heteroatoms. The Balaban J connectivity index is 1.53. The standard InChI is InChI=1S/C17H19IN6O3/c18-11-6-20-17(19)23-14(11)21-9-1-2-10-8(5-9)7-24(16(10)27)12-3-4-13(25)22-15(12)26/h1-2,5,11-12,17,20H,3-4,6-7,19H2,(H,21,23)(H,22,25,26). The predicted octanol–water partition coefficient (Wildman–Crippen LogP) is -0.0929. The summed E-state index contributed by atoms with van der Waals surface area (Å²) in [7, 11) is 0. The first-order valence-electron chi connectivity index (χ1n) is 8.67. The number of imide groups is 1. The van der Waals surface area contributed by atoms with Crippen molar-refractivity contribution in [2.45, 2.75) is 35.6 Å². The number of hydrogen-bond donors (Lipinski definition) is 4. The van der Waals surface area contributed by atoms with Gasteiger partial charge in [-0.05, 0) is 30.2 Å². The van der Waals surface area contributed by atoms with E-state index in [9.17, 15) is 14.4 Å². The van der Waals surface area contributed by atoms with E-state index in [1.54, 1.807) is 6.07 Å². The van der Waals surface area contributed by atoms with Crippen LogP contribution in [0, 0.1) is 0 Å². The van der Waals surface area contributed by atoms with Gasteiger partial charge in [-0.3, -0.25) is 30.8 Å². The van der Waals surface area contributed by atoms with Crippen molar-refractivity contribution < 1.29 is 14.4 Å². The van der Waals surface area contributed by atoms with Crippen LogP contribution in [0.5, 0.6) is 0 Å². The van der Waals surface area contributed by atoms with Crippen LogP contribution in [0.15, 0.2) is 23.2 Å². The Hall–Kier alpha value is -2.05. The summed E-state index contributed by atoms with van der Waals surface area (Å²) in [6.45, 7) is 1.07. The second kappa shape index (κ2) is 7.17. The third-order valence-electron chi connectivity index (χ3n) is 4.88. The maximum atomic E-state index is 12.7. The van der Waals surface area contributed by atoms with Crippen molar-refractivity contribution in [1.82, 2.24) is 15.5 Å². The normalized spacial score (nSPS) is 27.9. The smallest absolute Gasteiger partial charge is 0.255 e. The number of rotatable bonds is 2.